The summed E-state index contributed by atoms with van der Waals surface area (Å²) in [6, 6.07) is -0.560. The molecule has 0 aromatic carbocycles. The molecule has 108 valence electrons. The Morgan fingerprint density at radius 1 is 1.26 bits per heavy atom. The van der Waals surface area contributed by atoms with Crippen molar-refractivity contribution in [2.75, 3.05) is 14.1 Å². The van der Waals surface area contributed by atoms with E-state index in [2.05, 4.69) is 5.32 Å². The lowest BCUT2D eigenvalue weighted by atomic mass is 9.73. The van der Waals surface area contributed by atoms with Crippen LogP contribution in [0.1, 0.15) is 39.0 Å². The van der Waals surface area contributed by atoms with E-state index in [-0.39, 0.29) is 16.8 Å². The molecule has 1 aliphatic rings. The van der Waals surface area contributed by atoms with E-state index in [1.165, 1.54) is 4.90 Å². The maximum Gasteiger partial charge on any atom is 0.244 e. The first-order valence-corrected chi connectivity index (χ1v) is 7.04. The topological polar surface area (TPSA) is 75.4 Å². The highest BCUT2D eigenvalue weighted by Crippen LogP contribution is 2.37. The van der Waals surface area contributed by atoms with Gasteiger partial charge in [0.2, 0.25) is 11.8 Å². The lowest BCUT2D eigenvalue weighted by Crippen LogP contribution is -2.54. The van der Waals surface area contributed by atoms with Crippen LogP contribution in [-0.4, -0.2) is 41.8 Å². The molecule has 1 unspecified atom stereocenters. The van der Waals surface area contributed by atoms with Crippen molar-refractivity contribution < 1.29 is 9.59 Å². The number of likely N-dealkylation sites (N-methyl/N-ethyl adjacent to an activating group) is 1. The van der Waals surface area contributed by atoms with Crippen molar-refractivity contribution >= 4 is 29.0 Å². The van der Waals surface area contributed by atoms with Gasteiger partial charge in [-0.2, -0.15) is 0 Å². The Bertz CT molecular complexity index is 376. The van der Waals surface area contributed by atoms with Gasteiger partial charge in [0.25, 0.3) is 0 Å². The van der Waals surface area contributed by atoms with Gasteiger partial charge < -0.3 is 16.0 Å². The number of rotatable bonds is 4. The molecule has 6 heteroatoms. The molecule has 1 atom stereocenters. The van der Waals surface area contributed by atoms with Gasteiger partial charge in [0.15, 0.2) is 0 Å². The number of carbonyl (C=O) groups excluding carboxylic acids is 2. The van der Waals surface area contributed by atoms with Crippen LogP contribution in [0.3, 0.4) is 0 Å². The number of nitrogens with one attached hydrogen (secondary N) is 1. The second-order valence-corrected chi connectivity index (χ2v) is 5.87. The SMILES string of the molecule is CC(NC(=O)C1(C(N)=S)CCCCC1)C(=O)N(C)C. The van der Waals surface area contributed by atoms with E-state index >= 15 is 0 Å². The molecule has 0 saturated heterocycles. The van der Waals surface area contributed by atoms with Crippen molar-refractivity contribution in [1.29, 1.82) is 0 Å². The second-order valence-electron chi connectivity index (χ2n) is 5.43. The van der Waals surface area contributed by atoms with Crippen LogP contribution in [0.2, 0.25) is 0 Å². The monoisotopic (exact) mass is 285 g/mol. The summed E-state index contributed by atoms with van der Waals surface area (Å²) < 4.78 is 0. The fourth-order valence-electron chi connectivity index (χ4n) is 2.52. The first-order chi connectivity index (χ1) is 8.81. The van der Waals surface area contributed by atoms with Gasteiger partial charge in [-0.05, 0) is 19.8 Å². The van der Waals surface area contributed by atoms with Gasteiger partial charge in [0.1, 0.15) is 6.04 Å². The predicted octanol–water partition coefficient (Wildman–Crippen LogP) is 0.816. The zero-order valence-electron chi connectivity index (χ0n) is 11.9. The Hall–Kier alpha value is -1.17. The Morgan fingerprint density at radius 3 is 2.21 bits per heavy atom. The first-order valence-electron chi connectivity index (χ1n) is 6.63. The minimum Gasteiger partial charge on any atom is -0.392 e. The molecule has 1 rings (SSSR count). The van der Waals surface area contributed by atoms with Gasteiger partial charge in [-0.1, -0.05) is 31.5 Å². The summed E-state index contributed by atoms with van der Waals surface area (Å²) in [5.74, 6) is -0.343. The Morgan fingerprint density at radius 2 is 1.79 bits per heavy atom. The van der Waals surface area contributed by atoms with Crippen LogP contribution in [0.25, 0.3) is 0 Å². The molecule has 0 heterocycles. The van der Waals surface area contributed by atoms with E-state index in [0.717, 1.165) is 19.3 Å². The zero-order chi connectivity index (χ0) is 14.6. The number of hydrogen-bond donors (Lipinski definition) is 2. The van der Waals surface area contributed by atoms with Crippen LogP contribution < -0.4 is 11.1 Å². The first kappa shape index (κ1) is 15.9. The Kier molecular flexibility index (Phi) is 5.29. The number of carbonyl (C=O) groups is 2. The quantitative estimate of drug-likeness (QED) is 0.750. The molecule has 0 aromatic heterocycles. The van der Waals surface area contributed by atoms with Crippen LogP contribution in [0.5, 0.6) is 0 Å². The standard InChI is InChI=1S/C13H23N3O2S/c1-9(10(17)16(2)3)15-12(18)13(11(14)19)7-5-4-6-8-13/h9H,4-8H2,1-3H3,(H2,14,19)(H,15,18). The number of amides is 2. The molecule has 5 nitrogen and oxygen atoms in total. The van der Waals surface area contributed by atoms with Gasteiger partial charge in [0, 0.05) is 14.1 Å². The molecule has 0 aromatic rings. The molecule has 1 fully saturated rings. The summed E-state index contributed by atoms with van der Waals surface area (Å²) in [5.41, 5.74) is 5.02. The highest BCUT2D eigenvalue weighted by molar-refractivity contribution is 7.80. The highest BCUT2D eigenvalue weighted by Gasteiger charge is 2.43. The van der Waals surface area contributed by atoms with Crippen molar-refractivity contribution in [3.05, 3.63) is 0 Å². The fourth-order valence-corrected chi connectivity index (χ4v) is 2.82. The van der Waals surface area contributed by atoms with E-state index < -0.39 is 11.5 Å². The molecule has 0 aliphatic heterocycles. The van der Waals surface area contributed by atoms with Gasteiger partial charge in [-0.3, -0.25) is 9.59 Å². The molecule has 1 saturated carbocycles. The van der Waals surface area contributed by atoms with Gasteiger partial charge >= 0.3 is 0 Å². The average Bonchev–Trinajstić information content (AvgIpc) is 2.37. The molecule has 1 aliphatic carbocycles. The van der Waals surface area contributed by atoms with Crippen LogP contribution in [0.15, 0.2) is 0 Å². The minimum atomic E-state index is -0.769. The van der Waals surface area contributed by atoms with E-state index in [0.29, 0.717) is 12.8 Å². The molecule has 19 heavy (non-hydrogen) atoms. The third-order valence-corrected chi connectivity index (χ3v) is 4.16. The lowest BCUT2D eigenvalue weighted by molar-refractivity contribution is -0.136. The number of hydrogen-bond acceptors (Lipinski definition) is 3. The number of nitrogens with zero attached hydrogens (tertiary/aromatic N) is 1. The van der Waals surface area contributed by atoms with Gasteiger partial charge in [-0.15, -0.1) is 0 Å². The second kappa shape index (κ2) is 6.32. The predicted molar refractivity (Wildman–Crippen MR) is 78.6 cm³/mol. The molecule has 2 amide bonds. The summed E-state index contributed by atoms with van der Waals surface area (Å²) in [4.78, 5) is 25.9. The largest absolute Gasteiger partial charge is 0.392 e. The van der Waals surface area contributed by atoms with Crippen molar-refractivity contribution in [1.82, 2.24) is 10.2 Å². The number of thiocarbonyl (C=S) groups is 1. The molecule has 0 radical (unpaired) electrons. The Labute approximate surface area is 119 Å². The zero-order valence-corrected chi connectivity index (χ0v) is 12.7. The summed E-state index contributed by atoms with van der Waals surface area (Å²) in [7, 11) is 3.32. The van der Waals surface area contributed by atoms with Crippen molar-refractivity contribution in [3.63, 3.8) is 0 Å². The fraction of sp³-hybridized carbons (Fsp3) is 0.769. The van der Waals surface area contributed by atoms with Crippen molar-refractivity contribution in [2.24, 2.45) is 11.1 Å². The molecule has 3 N–H and O–H groups in total. The van der Waals surface area contributed by atoms with E-state index in [9.17, 15) is 9.59 Å². The molecule has 0 bridgehead atoms. The maximum atomic E-state index is 12.4. The molecular weight excluding hydrogens is 262 g/mol. The van der Waals surface area contributed by atoms with Gasteiger partial charge in [0.05, 0.1) is 10.4 Å². The minimum absolute atomic E-state index is 0.137. The summed E-state index contributed by atoms with van der Waals surface area (Å²) in [6.07, 6.45) is 4.35. The van der Waals surface area contributed by atoms with Crippen LogP contribution in [-0.2, 0) is 9.59 Å². The molecule has 0 spiro atoms. The van der Waals surface area contributed by atoms with E-state index in [1.54, 1.807) is 21.0 Å². The number of nitrogens with two attached hydrogens (primary N) is 1. The summed E-state index contributed by atoms with van der Waals surface area (Å²) in [5, 5.41) is 2.76. The smallest absolute Gasteiger partial charge is 0.244 e. The molecular formula is C13H23N3O2S. The average molecular weight is 285 g/mol. The third kappa shape index (κ3) is 3.43. The lowest BCUT2D eigenvalue weighted by Gasteiger charge is -2.35. The summed E-state index contributed by atoms with van der Waals surface area (Å²) in [6.45, 7) is 1.68. The highest BCUT2D eigenvalue weighted by atomic mass is 32.1. The van der Waals surface area contributed by atoms with Crippen molar-refractivity contribution in [2.45, 2.75) is 45.1 Å². The van der Waals surface area contributed by atoms with Crippen molar-refractivity contribution in [3.8, 4) is 0 Å². The van der Waals surface area contributed by atoms with Gasteiger partial charge in [-0.25, -0.2) is 0 Å². The third-order valence-electron chi connectivity index (χ3n) is 3.77. The maximum absolute atomic E-state index is 12.4. The van der Waals surface area contributed by atoms with Crippen LogP contribution in [0, 0.1) is 5.41 Å². The Balaban J connectivity index is 2.79. The van der Waals surface area contributed by atoms with Crippen LogP contribution in [0.4, 0.5) is 0 Å². The normalized spacial score (nSPS) is 19.3. The summed E-state index contributed by atoms with van der Waals surface area (Å²) >= 11 is 5.10. The van der Waals surface area contributed by atoms with E-state index in [1.807, 2.05) is 0 Å². The van der Waals surface area contributed by atoms with E-state index in [4.69, 9.17) is 18.0 Å². The van der Waals surface area contributed by atoms with Crippen LogP contribution >= 0.6 is 12.2 Å².